The SMILES string of the molecule is Cc1cc(-c2cc[n+]([O-])cc2)cc(C)c1C(=O)N1CCC(C)(N2CCC(N(c3ccccc3)c3ccc(OC(F)(F)F)cn3)CC2)CC1. The summed E-state index contributed by atoms with van der Waals surface area (Å²) in [4.78, 5) is 24.8. The Bertz CT molecular complexity index is 1690. The van der Waals surface area contributed by atoms with Crippen molar-refractivity contribution in [2.24, 2.45) is 0 Å². The van der Waals surface area contributed by atoms with Gasteiger partial charge in [0.15, 0.2) is 12.4 Å². The Hall–Kier alpha value is -4.64. The normalized spacial score (nSPS) is 17.2. The van der Waals surface area contributed by atoms with Gasteiger partial charge in [-0.05, 0) is 93.0 Å². The molecule has 0 unspecified atom stereocenters. The summed E-state index contributed by atoms with van der Waals surface area (Å²) >= 11 is 0. The van der Waals surface area contributed by atoms with Crippen LogP contribution in [0.15, 0.2) is 85.3 Å². The first-order valence-corrected chi connectivity index (χ1v) is 16.3. The molecule has 0 bridgehead atoms. The van der Waals surface area contributed by atoms with Gasteiger partial charge in [-0.2, -0.15) is 4.73 Å². The lowest BCUT2D eigenvalue weighted by Crippen LogP contribution is -2.58. The van der Waals surface area contributed by atoms with E-state index in [1.54, 1.807) is 18.2 Å². The number of ether oxygens (including phenoxy) is 1. The van der Waals surface area contributed by atoms with Gasteiger partial charge in [-0.1, -0.05) is 30.3 Å². The van der Waals surface area contributed by atoms with E-state index in [-0.39, 0.29) is 23.2 Å². The van der Waals surface area contributed by atoms with E-state index in [0.717, 1.165) is 83.2 Å². The Balaban J connectivity index is 1.10. The van der Waals surface area contributed by atoms with E-state index in [0.29, 0.717) is 18.9 Å². The highest BCUT2D eigenvalue weighted by Crippen LogP contribution is 2.37. The fourth-order valence-electron chi connectivity index (χ4n) is 7.23. The van der Waals surface area contributed by atoms with E-state index in [1.165, 1.54) is 18.5 Å². The minimum Gasteiger partial charge on any atom is -0.619 e. The number of anilines is 2. The summed E-state index contributed by atoms with van der Waals surface area (Å²) in [5.41, 5.74) is 5.38. The van der Waals surface area contributed by atoms with Crippen LogP contribution in [0, 0.1) is 19.1 Å². The van der Waals surface area contributed by atoms with E-state index in [2.05, 4.69) is 26.4 Å². The molecule has 2 aliphatic heterocycles. The smallest absolute Gasteiger partial charge is 0.573 e. The average molecular weight is 660 g/mol. The molecule has 0 radical (unpaired) electrons. The molecule has 6 rings (SSSR count). The number of benzene rings is 2. The number of alkyl halides is 3. The van der Waals surface area contributed by atoms with Crippen LogP contribution in [0.3, 0.4) is 0 Å². The Kier molecular flexibility index (Phi) is 9.33. The van der Waals surface area contributed by atoms with Crippen LogP contribution < -0.4 is 14.4 Å². The van der Waals surface area contributed by atoms with E-state index in [1.807, 2.05) is 61.2 Å². The molecule has 11 heteroatoms. The molecule has 0 N–H and O–H groups in total. The molecule has 252 valence electrons. The standard InChI is InChI=1S/C37H40F3N5O3/c1-26-23-29(28-11-19-44(47)20-12-28)24-27(2)34(26)35(46)42-21-15-36(3,16-22-42)43-17-13-31(14-18-43)45(30-7-5-4-6-8-30)33-10-9-32(25-41-33)48-37(38,39)40/h4-12,19-20,23-25,31H,13-18,21-22H2,1-3H3. The molecule has 0 spiro atoms. The first-order valence-electron chi connectivity index (χ1n) is 16.3. The molecule has 48 heavy (non-hydrogen) atoms. The van der Waals surface area contributed by atoms with Crippen LogP contribution in [-0.4, -0.2) is 64.8 Å². The largest absolute Gasteiger partial charge is 0.619 e. The molecule has 4 aromatic rings. The average Bonchev–Trinajstić information content (AvgIpc) is 3.06. The maximum atomic E-state index is 13.8. The van der Waals surface area contributed by atoms with Crippen molar-refractivity contribution in [3.05, 3.63) is 107 Å². The molecule has 2 aromatic carbocycles. The second kappa shape index (κ2) is 13.5. The fourth-order valence-corrected chi connectivity index (χ4v) is 7.23. The van der Waals surface area contributed by atoms with Gasteiger partial charge in [0.1, 0.15) is 11.6 Å². The van der Waals surface area contributed by atoms with Crippen molar-refractivity contribution in [2.45, 2.75) is 64.4 Å². The highest BCUT2D eigenvalue weighted by molar-refractivity contribution is 5.98. The minimum atomic E-state index is -4.77. The summed E-state index contributed by atoms with van der Waals surface area (Å²) < 4.78 is 43.0. The number of nitrogens with zero attached hydrogens (tertiary/aromatic N) is 5. The van der Waals surface area contributed by atoms with Crippen LogP contribution in [0.1, 0.15) is 54.1 Å². The molecule has 2 fully saturated rings. The summed E-state index contributed by atoms with van der Waals surface area (Å²) in [6, 6.07) is 20.4. The third-order valence-electron chi connectivity index (χ3n) is 9.84. The van der Waals surface area contributed by atoms with Crippen LogP contribution in [-0.2, 0) is 0 Å². The lowest BCUT2D eigenvalue weighted by molar-refractivity contribution is -0.605. The monoisotopic (exact) mass is 659 g/mol. The fraction of sp³-hybridized carbons (Fsp3) is 0.378. The zero-order valence-electron chi connectivity index (χ0n) is 27.4. The van der Waals surface area contributed by atoms with Gasteiger partial charge in [-0.3, -0.25) is 9.69 Å². The van der Waals surface area contributed by atoms with Gasteiger partial charge >= 0.3 is 6.36 Å². The summed E-state index contributed by atoms with van der Waals surface area (Å²) in [6.45, 7) is 9.30. The van der Waals surface area contributed by atoms with E-state index < -0.39 is 6.36 Å². The van der Waals surface area contributed by atoms with E-state index in [9.17, 15) is 23.2 Å². The Morgan fingerprint density at radius 2 is 1.56 bits per heavy atom. The van der Waals surface area contributed by atoms with Crippen LogP contribution >= 0.6 is 0 Å². The molecule has 2 saturated heterocycles. The topological polar surface area (TPSA) is 75.9 Å². The van der Waals surface area contributed by atoms with Crippen molar-refractivity contribution < 1.29 is 27.4 Å². The molecule has 0 saturated carbocycles. The first-order chi connectivity index (χ1) is 22.9. The maximum Gasteiger partial charge on any atom is 0.573 e. The van der Waals surface area contributed by atoms with E-state index in [4.69, 9.17) is 0 Å². The van der Waals surface area contributed by atoms with Crippen molar-refractivity contribution >= 4 is 17.4 Å². The summed E-state index contributed by atoms with van der Waals surface area (Å²) in [7, 11) is 0. The van der Waals surface area contributed by atoms with Crippen LogP contribution in [0.4, 0.5) is 24.7 Å². The van der Waals surface area contributed by atoms with Crippen molar-refractivity contribution in [1.29, 1.82) is 0 Å². The van der Waals surface area contributed by atoms with Crippen molar-refractivity contribution in [1.82, 2.24) is 14.8 Å². The molecule has 0 aliphatic carbocycles. The van der Waals surface area contributed by atoms with Gasteiger partial charge in [0.25, 0.3) is 5.91 Å². The molecule has 2 aromatic heterocycles. The summed E-state index contributed by atoms with van der Waals surface area (Å²) in [5, 5.41) is 11.5. The quantitative estimate of drug-likeness (QED) is 0.154. The lowest BCUT2D eigenvalue weighted by Gasteiger charge is -2.50. The third kappa shape index (κ3) is 7.26. The zero-order valence-corrected chi connectivity index (χ0v) is 27.4. The zero-order chi connectivity index (χ0) is 34.1. The number of aromatic nitrogens is 2. The van der Waals surface area contributed by atoms with Gasteiger partial charge in [-0.15, -0.1) is 13.2 Å². The highest BCUT2D eigenvalue weighted by Gasteiger charge is 2.40. The number of hydrogen-bond acceptors (Lipinski definition) is 6. The van der Waals surface area contributed by atoms with Gasteiger partial charge < -0.3 is 19.7 Å². The van der Waals surface area contributed by atoms with Gasteiger partial charge in [0.05, 0.1) is 6.20 Å². The number of amides is 1. The third-order valence-corrected chi connectivity index (χ3v) is 9.84. The second-order valence-corrected chi connectivity index (χ2v) is 13.0. The van der Waals surface area contributed by atoms with Crippen LogP contribution in [0.2, 0.25) is 0 Å². The number of likely N-dealkylation sites (tertiary alicyclic amines) is 2. The number of carbonyl (C=O) groups is 1. The Morgan fingerprint density at radius 3 is 2.12 bits per heavy atom. The molecule has 0 atom stereocenters. The molecule has 1 amide bonds. The first kappa shape index (κ1) is 33.3. The number of carbonyl (C=O) groups excluding carboxylic acids is 1. The predicted octanol–water partition coefficient (Wildman–Crippen LogP) is 7.19. The Labute approximate surface area is 279 Å². The van der Waals surface area contributed by atoms with Crippen molar-refractivity contribution in [3.63, 3.8) is 0 Å². The maximum absolute atomic E-state index is 13.8. The number of pyridine rings is 2. The highest BCUT2D eigenvalue weighted by atomic mass is 19.4. The molecular formula is C37H40F3N5O3. The second-order valence-electron chi connectivity index (χ2n) is 13.0. The van der Waals surface area contributed by atoms with Gasteiger partial charge in [0, 0.05) is 61.1 Å². The Morgan fingerprint density at radius 1 is 0.938 bits per heavy atom. The summed E-state index contributed by atoms with van der Waals surface area (Å²) in [5.74, 6) is 0.283. The van der Waals surface area contributed by atoms with Gasteiger partial charge in [0.2, 0.25) is 0 Å². The number of aryl methyl sites for hydroxylation is 2. The number of rotatable bonds is 7. The lowest BCUT2D eigenvalue weighted by atomic mass is 9.84. The van der Waals surface area contributed by atoms with Crippen LogP contribution in [0.25, 0.3) is 11.1 Å². The van der Waals surface area contributed by atoms with Crippen molar-refractivity contribution in [3.8, 4) is 16.9 Å². The molecule has 4 heterocycles. The molecule has 8 nitrogen and oxygen atoms in total. The summed E-state index contributed by atoms with van der Waals surface area (Å²) in [6.07, 6.45) is 2.74. The number of hydrogen-bond donors (Lipinski definition) is 0. The predicted molar refractivity (Wildman–Crippen MR) is 178 cm³/mol. The molecular weight excluding hydrogens is 619 g/mol. The number of para-hydroxylation sites is 1. The van der Waals surface area contributed by atoms with Crippen molar-refractivity contribution in [2.75, 3.05) is 31.1 Å². The molecule has 2 aliphatic rings. The van der Waals surface area contributed by atoms with E-state index >= 15 is 0 Å². The van der Waals surface area contributed by atoms with Crippen LogP contribution in [0.5, 0.6) is 5.75 Å². The number of halogens is 3. The minimum absolute atomic E-state index is 0.0478. The van der Waals surface area contributed by atoms with Gasteiger partial charge in [-0.25, -0.2) is 4.98 Å². The number of piperidine rings is 2.